The standard InChI is InChI=1S/C14H22N2O3S/c1-19-12-7-8-14(13(15)11-12)20(17,18)16-9-5-3-2-4-6-10-16/h7-8,11H,2-6,9-10,15H2,1H3. The van der Waals surface area contributed by atoms with E-state index in [2.05, 4.69) is 0 Å². The summed E-state index contributed by atoms with van der Waals surface area (Å²) in [6, 6.07) is 4.71. The normalized spacial score (nSPS) is 18.2. The van der Waals surface area contributed by atoms with Crippen LogP contribution >= 0.6 is 0 Å². The number of benzene rings is 1. The van der Waals surface area contributed by atoms with E-state index < -0.39 is 10.0 Å². The second kappa shape index (κ2) is 6.45. The molecule has 0 radical (unpaired) electrons. The van der Waals surface area contributed by atoms with E-state index in [0.29, 0.717) is 18.8 Å². The number of nitrogen functional groups attached to an aromatic ring is 1. The summed E-state index contributed by atoms with van der Waals surface area (Å²) in [5, 5.41) is 0. The summed E-state index contributed by atoms with van der Waals surface area (Å²) in [4.78, 5) is 0.180. The Hall–Kier alpha value is -1.27. The highest BCUT2D eigenvalue weighted by Crippen LogP contribution is 2.27. The van der Waals surface area contributed by atoms with Gasteiger partial charge in [-0.05, 0) is 25.0 Å². The molecule has 2 rings (SSSR count). The van der Waals surface area contributed by atoms with Gasteiger partial charge in [-0.25, -0.2) is 8.42 Å². The molecule has 2 N–H and O–H groups in total. The number of sulfonamides is 1. The monoisotopic (exact) mass is 298 g/mol. The first-order chi connectivity index (χ1) is 9.55. The molecule has 20 heavy (non-hydrogen) atoms. The average molecular weight is 298 g/mol. The minimum Gasteiger partial charge on any atom is -0.497 e. The van der Waals surface area contributed by atoms with Gasteiger partial charge in [0.1, 0.15) is 10.6 Å². The second-order valence-electron chi connectivity index (χ2n) is 5.08. The minimum atomic E-state index is -3.50. The van der Waals surface area contributed by atoms with Gasteiger partial charge in [0.2, 0.25) is 10.0 Å². The molecule has 1 aliphatic rings. The van der Waals surface area contributed by atoms with Crippen molar-refractivity contribution in [1.29, 1.82) is 0 Å². The van der Waals surface area contributed by atoms with Crippen LogP contribution in [-0.2, 0) is 10.0 Å². The molecule has 1 aromatic carbocycles. The molecule has 1 aliphatic heterocycles. The van der Waals surface area contributed by atoms with Gasteiger partial charge >= 0.3 is 0 Å². The lowest BCUT2D eigenvalue weighted by Gasteiger charge is -2.24. The molecule has 0 bridgehead atoms. The highest BCUT2D eigenvalue weighted by Gasteiger charge is 2.26. The lowest BCUT2D eigenvalue weighted by Crippen LogP contribution is -2.34. The first kappa shape index (κ1) is 15.1. The predicted octanol–water partition coefficient (Wildman–Crippen LogP) is 2.23. The SMILES string of the molecule is COc1ccc(S(=O)(=O)N2CCCCCCC2)c(N)c1. The quantitative estimate of drug-likeness (QED) is 0.869. The van der Waals surface area contributed by atoms with Crippen LogP contribution in [0.4, 0.5) is 5.69 Å². The molecule has 0 atom stereocenters. The first-order valence-electron chi connectivity index (χ1n) is 6.99. The fraction of sp³-hybridized carbons (Fsp3) is 0.571. The Morgan fingerprint density at radius 1 is 1.10 bits per heavy atom. The van der Waals surface area contributed by atoms with Gasteiger partial charge in [0, 0.05) is 19.2 Å². The Bertz CT molecular complexity index is 550. The Labute approximate surface area is 120 Å². The van der Waals surface area contributed by atoms with Crippen LogP contribution in [0.3, 0.4) is 0 Å². The third kappa shape index (κ3) is 3.24. The summed E-state index contributed by atoms with van der Waals surface area (Å²) in [6.07, 6.45) is 5.19. The van der Waals surface area contributed by atoms with Gasteiger partial charge in [-0.2, -0.15) is 4.31 Å². The highest BCUT2D eigenvalue weighted by molar-refractivity contribution is 7.89. The largest absolute Gasteiger partial charge is 0.497 e. The topological polar surface area (TPSA) is 72.6 Å². The fourth-order valence-corrected chi connectivity index (χ4v) is 4.10. The highest BCUT2D eigenvalue weighted by atomic mass is 32.2. The molecule has 0 spiro atoms. The molecular weight excluding hydrogens is 276 g/mol. The van der Waals surface area contributed by atoms with E-state index in [9.17, 15) is 8.42 Å². The lowest BCUT2D eigenvalue weighted by molar-refractivity contribution is 0.364. The first-order valence-corrected chi connectivity index (χ1v) is 8.43. The van der Waals surface area contributed by atoms with Crippen molar-refractivity contribution in [1.82, 2.24) is 4.31 Å². The van der Waals surface area contributed by atoms with Crippen LogP contribution in [0.2, 0.25) is 0 Å². The number of rotatable bonds is 3. The number of nitrogens with zero attached hydrogens (tertiary/aromatic N) is 1. The van der Waals surface area contributed by atoms with Crippen molar-refractivity contribution in [2.45, 2.75) is 37.0 Å². The maximum absolute atomic E-state index is 12.7. The van der Waals surface area contributed by atoms with Crippen LogP contribution < -0.4 is 10.5 Å². The molecule has 112 valence electrons. The van der Waals surface area contributed by atoms with Crippen molar-refractivity contribution in [2.24, 2.45) is 0 Å². The van der Waals surface area contributed by atoms with Gasteiger partial charge in [0.15, 0.2) is 0 Å². The fourth-order valence-electron chi connectivity index (χ4n) is 2.49. The van der Waals surface area contributed by atoms with E-state index in [1.165, 1.54) is 19.6 Å². The van der Waals surface area contributed by atoms with Crippen molar-refractivity contribution >= 4 is 15.7 Å². The number of anilines is 1. The van der Waals surface area contributed by atoms with Crippen LogP contribution in [0.1, 0.15) is 32.1 Å². The molecule has 1 fully saturated rings. The number of hydrogen-bond acceptors (Lipinski definition) is 4. The van der Waals surface area contributed by atoms with Crippen LogP contribution in [-0.4, -0.2) is 32.9 Å². The average Bonchev–Trinajstić information content (AvgIpc) is 2.37. The summed E-state index contributed by atoms with van der Waals surface area (Å²) in [7, 11) is -1.98. The molecular formula is C14H22N2O3S. The van der Waals surface area contributed by atoms with Crippen LogP contribution in [0, 0.1) is 0 Å². The van der Waals surface area contributed by atoms with Crippen LogP contribution in [0.15, 0.2) is 23.1 Å². The molecule has 6 heteroatoms. The number of hydrogen-bond donors (Lipinski definition) is 1. The Balaban J connectivity index is 2.28. The molecule has 0 aromatic heterocycles. The van der Waals surface area contributed by atoms with Gasteiger partial charge in [-0.1, -0.05) is 19.3 Å². The Morgan fingerprint density at radius 3 is 2.25 bits per heavy atom. The molecule has 1 saturated heterocycles. The van der Waals surface area contributed by atoms with Gasteiger partial charge in [-0.3, -0.25) is 0 Å². The third-order valence-corrected chi connectivity index (χ3v) is 5.62. The van der Waals surface area contributed by atoms with E-state index in [1.807, 2.05) is 0 Å². The molecule has 0 aliphatic carbocycles. The van der Waals surface area contributed by atoms with Crippen molar-refractivity contribution in [2.75, 3.05) is 25.9 Å². The minimum absolute atomic E-state index is 0.180. The smallest absolute Gasteiger partial charge is 0.245 e. The van der Waals surface area contributed by atoms with Crippen molar-refractivity contribution in [3.63, 3.8) is 0 Å². The summed E-state index contributed by atoms with van der Waals surface area (Å²) < 4.78 is 32.0. The summed E-state index contributed by atoms with van der Waals surface area (Å²) >= 11 is 0. The van der Waals surface area contributed by atoms with Crippen LogP contribution in [0.5, 0.6) is 5.75 Å². The third-order valence-electron chi connectivity index (χ3n) is 3.65. The molecule has 0 unspecified atom stereocenters. The van der Waals surface area contributed by atoms with Gasteiger partial charge in [0.25, 0.3) is 0 Å². The van der Waals surface area contributed by atoms with Crippen molar-refractivity contribution in [3.05, 3.63) is 18.2 Å². The van der Waals surface area contributed by atoms with E-state index >= 15 is 0 Å². The van der Waals surface area contributed by atoms with E-state index in [4.69, 9.17) is 10.5 Å². The van der Waals surface area contributed by atoms with E-state index in [1.54, 1.807) is 16.4 Å². The van der Waals surface area contributed by atoms with Crippen LogP contribution in [0.25, 0.3) is 0 Å². The van der Waals surface area contributed by atoms with E-state index in [-0.39, 0.29) is 10.6 Å². The Morgan fingerprint density at radius 2 is 1.70 bits per heavy atom. The van der Waals surface area contributed by atoms with Gasteiger partial charge in [-0.15, -0.1) is 0 Å². The number of ether oxygens (including phenoxy) is 1. The molecule has 0 saturated carbocycles. The number of methoxy groups -OCH3 is 1. The molecule has 0 amide bonds. The summed E-state index contributed by atoms with van der Waals surface area (Å²) in [5.74, 6) is 0.564. The predicted molar refractivity (Wildman–Crippen MR) is 79.3 cm³/mol. The zero-order chi connectivity index (χ0) is 14.6. The molecule has 1 heterocycles. The molecule has 1 aromatic rings. The maximum atomic E-state index is 12.7. The van der Waals surface area contributed by atoms with Crippen molar-refractivity contribution < 1.29 is 13.2 Å². The van der Waals surface area contributed by atoms with E-state index in [0.717, 1.165) is 25.7 Å². The summed E-state index contributed by atoms with van der Waals surface area (Å²) in [6.45, 7) is 1.15. The zero-order valence-electron chi connectivity index (χ0n) is 11.8. The van der Waals surface area contributed by atoms with Gasteiger partial charge < -0.3 is 10.5 Å². The molecule has 5 nitrogen and oxygen atoms in total. The number of nitrogens with two attached hydrogens (primary N) is 1. The lowest BCUT2D eigenvalue weighted by atomic mass is 10.1. The van der Waals surface area contributed by atoms with Crippen molar-refractivity contribution in [3.8, 4) is 5.75 Å². The maximum Gasteiger partial charge on any atom is 0.245 e. The summed E-state index contributed by atoms with van der Waals surface area (Å²) in [5.41, 5.74) is 6.12. The second-order valence-corrected chi connectivity index (χ2v) is 6.98. The zero-order valence-corrected chi connectivity index (χ0v) is 12.7. The van der Waals surface area contributed by atoms with Gasteiger partial charge in [0.05, 0.1) is 12.8 Å². The Kier molecular flexibility index (Phi) is 4.88.